The van der Waals surface area contributed by atoms with E-state index < -0.39 is 12.0 Å². The van der Waals surface area contributed by atoms with Crippen LogP contribution in [0.15, 0.2) is 42.6 Å². The number of nitrogens with zero attached hydrogens (tertiary/aromatic N) is 2. The topological polar surface area (TPSA) is 81.1 Å². The Morgan fingerprint density at radius 1 is 1.35 bits per heavy atom. The van der Waals surface area contributed by atoms with Crippen molar-refractivity contribution in [3.05, 3.63) is 48.3 Å². The largest absolute Gasteiger partial charge is 0.481 e. The van der Waals surface area contributed by atoms with E-state index in [0.29, 0.717) is 5.69 Å². The molecular weight excluding hydrogens is 218 g/mol. The van der Waals surface area contributed by atoms with E-state index in [2.05, 4.69) is 5.10 Å². The van der Waals surface area contributed by atoms with Gasteiger partial charge < -0.3 is 10.8 Å². The van der Waals surface area contributed by atoms with Crippen molar-refractivity contribution < 1.29 is 9.90 Å². The lowest BCUT2D eigenvalue weighted by atomic mass is 10.1. The highest BCUT2D eigenvalue weighted by Gasteiger charge is 2.15. The van der Waals surface area contributed by atoms with Gasteiger partial charge in [-0.1, -0.05) is 18.2 Å². The van der Waals surface area contributed by atoms with Crippen LogP contribution in [0.2, 0.25) is 0 Å². The molecule has 17 heavy (non-hydrogen) atoms. The number of carboxylic acid groups (broad SMARTS) is 1. The van der Waals surface area contributed by atoms with Gasteiger partial charge >= 0.3 is 5.97 Å². The van der Waals surface area contributed by atoms with Crippen molar-refractivity contribution in [1.82, 2.24) is 9.78 Å². The van der Waals surface area contributed by atoms with E-state index in [-0.39, 0.29) is 6.42 Å². The Morgan fingerprint density at radius 2 is 2.06 bits per heavy atom. The first kappa shape index (κ1) is 11.3. The molecule has 1 aromatic heterocycles. The number of hydrogen-bond acceptors (Lipinski definition) is 3. The highest BCUT2D eigenvalue weighted by molar-refractivity contribution is 5.67. The molecule has 0 saturated heterocycles. The van der Waals surface area contributed by atoms with Crippen LogP contribution in [0.5, 0.6) is 0 Å². The summed E-state index contributed by atoms with van der Waals surface area (Å²) in [5.41, 5.74) is 7.40. The van der Waals surface area contributed by atoms with Crippen LogP contribution in [0.3, 0.4) is 0 Å². The zero-order chi connectivity index (χ0) is 12.3. The van der Waals surface area contributed by atoms with Crippen LogP contribution in [0, 0.1) is 0 Å². The lowest BCUT2D eigenvalue weighted by Crippen LogP contribution is -2.18. The zero-order valence-corrected chi connectivity index (χ0v) is 9.15. The molecule has 0 aliphatic rings. The van der Waals surface area contributed by atoms with Crippen LogP contribution in [0.1, 0.15) is 18.2 Å². The summed E-state index contributed by atoms with van der Waals surface area (Å²) in [7, 11) is 0. The minimum atomic E-state index is -0.918. The average Bonchev–Trinajstić information content (AvgIpc) is 2.78. The van der Waals surface area contributed by atoms with E-state index in [0.717, 1.165) is 5.69 Å². The Balaban J connectivity index is 2.32. The van der Waals surface area contributed by atoms with Gasteiger partial charge in [-0.3, -0.25) is 4.79 Å². The summed E-state index contributed by atoms with van der Waals surface area (Å²) in [6.45, 7) is 0. The molecular formula is C12H13N3O2. The zero-order valence-electron chi connectivity index (χ0n) is 9.15. The minimum absolute atomic E-state index is 0.113. The van der Waals surface area contributed by atoms with Crippen molar-refractivity contribution in [3.63, 3.8) is 0 Å². The summed E-state index contributed by atoms with van der Waals surface area (Å²) in [5.74, 6) is -0.918. The van der Waals surface area contributed by atoms with Crippen LogP contribution in [0.25, 0.3) is 5.69 Å². The van der Waals surface area contributed by atoms with Crippen molar-refractivity contribution in [3.8, 4) is 5.69 Å². The van der Waals surface area contributed by atoms with Crippen LogP contribution in [-0.4, -0.2) is 20.9 Å². The van der Waals surface area contributed by atoms with Gasteiger partial charge in [0.1, 0.15) is 0 Å². The minimum Gasteiger partial charge on any atom is -0.481 e. The van der Waals surface area contributed by atoms with Crippen molar-refractivity contribution >= 4 is 5.97 Å². The molecule has 1 atom stereocenters. The van der Waals surface area contributed by atoms with Crippen molar-refractivity contribution in [1.29, 1.82) is 0 Å². The summed E-state index contributed by atoms with van der Waals surface area (Å²) < 4.78 is 1.66. The van der Waals surface area contributed by atoms with Gasteiger partial charge in [-0.25, -0.2) is 4.68 Å². The maximum absolute atomic E-state index is 10.6. The normalized spacial score (nSPS) is 12.3. The second-order valence-corrected chi connectivity index (χ2v) is 3.71. The van der Waals surface area contributed by atoms with E-state index in [1.165, 1.54) is 0 Å². The Morgan fingerprint density at radius 3 is 2.71 bits per heavy atom. The quantitative estimate of drug-likeness (QED) is 0.832. The first-order valence-electron chi connectivity index (χ1n) is 5.25. The van der Waals surface area contributed by atoms with Gasteiger partial charge in [0.15, 0.2) is 0 Å². The maximum Gasteiger partial charge on any atom is 0.305 e. The smallest absolute Gasteiger partial charge is 0.305 e. The summed E-state index contributed by atoms with van der Waals surface area (Å²) in [6, 6.07) is 10.7. The fourth-order valence-corrected chi connectivity index (χ4v) is 1.67. The molecule has 0 saturated carbocycles. The molecule has 5 heteroatoms. The van der Waals surface area contributed by atoms with Crippen LogP contribution in [-0.2, 0) is 4.79 Å². The molecule has 2 aromatic rings. The molecule has 0 fully saturated rings. The number of para-hydroxylation sites is 1. The number of carboxylic acids is 1. The van der Waals surface area contributed by atoms with Gasteiger partial charge in [0, 0.05) is 6.20 Å². The Labute approximate surface area is 98.5 Å². The number of aliphatic carboxylic acids is 1. The molecule has 0 radical (unpaired) electrons. The molecule has 2 rings (SSSR count). The molecule has 88 valence electrons. The van der Waals surface area contributed by atoms with Crippen molar-refractivity contribution in [2.24, 2.45) is 5.73 Å². The van der Waals surface area contributed by atoms with Gasteiger partial charge in [-0.05, 0) is 18.2 Å². The molecule has 0 spiro atoms. The number of hydrogen-bond donors (Lipinski definition) is 2. The van der Waals surface area contributed by atoms with Crippen molar-refractivity contribution in [2.75, 3.05) is 0 Å². The van der Waals surface area contributed by atoms with Crippen molar-refractivity contribution in [2.45, 2.75) is 12.5 Å². The predicted molar refractivity (Wildman–Crippen MR) is 62.7 cm³/mol. The maximum atomic E-state index is 10.6. The van der Waals surface area contributed by atoms with Gasteiger partial charge in [-0.2, -0.15) is 5.10 Å². The monoisotopic (exact) mass is 231 g/mol. The second kappa shape index (κ2) is 4.80. The van der Waals surface area contributed by atoms with E-state index >= 15 is 0 Å². The van der Waals surface area contributed by atoms with Gasteiger partial charge in [0.2, 0.25) is 0 Å². The number of rotatable bonds is 4. The average molecular weight is 231 g/mol. The summed E-state index contributed by atoms with van der Waals surface area (Å²) in [6.07, 6.45) is 1.50. The summed E-state index contributed by atoms with van der Waals surface area (Å²) in [5, 5.41) is 12.9. The number of aromatic nitrogens is 2. The summed E-state index contributed by atoms with van der Waals surface area (Å²) in [4.78, 5) is 10.6. The molecule has 1 heterocycles. The van der Waals surface area contributed by atoms with Gasteiger partial charge in [0.25, 0.3) is 0 Å². The molecule has 1 aromatic carbocycles. The standard InChI is InChI=1S/C12H13N3O2/c13-10(8-12(16)17)11-6-7-14-15(11)9-4-2-1-3-5-9/h1-7,10H,8,13H2,(H,16,17). The molecule has 0 aliphatic carbocycles. The third-order valence-electron chi connectivity index (χ3n) is 2.45. The van der Waals surface area contributed by atoms with Gasteiger partial charge in [0.05, 0.1) is 23.8 Å². The number of benzene rings is 1. The van der Waals surface area contributed by atoms with Crippen LogP contribution >= 0.6 is 0 Å². The highest BCUT2D eigenvalue weighted by atomic mass is 16.4. The Hall–Kier alpha value is -2.14. The van der Waals surface area contributed by atoms with Crippen LogP contribution < -0.4 is 5.73 Å². The SMILES string of the molecule is NC(CC(=O)O)c1ccnn1-c1ccccc1. The van der Waals surface area contributed by atoms with E-state index in [9.17, 15) is 4.79 Å². The van der Waals surface area contributed by atoms with E-state index in [1.807, 2.05) is 30.3 Å². The fourth-order valence-electron chi connectivity index (χ4n) is 1.67. The molecule has 5 nitrogen and oxygen atoms in total. The third kappa shape index (κ3) is 2.51. The molecule has 0 amide bonds. The van der Waals surface area contributed by atoms with Crippen LogP contribution in [0.4, 0.5) is 0 Å². The highest BCUT2D eigenvalue weighted by Crippen LogP contribution is 2.17. The Kier molecular flexibility index (Phi) is 3.20. The molecule has 1 unspecified atom stereocenters. The number of carbonyl (C=O) groups is 1. The van der Waals surface area contributed by atoms with E-state index in [1.54, 1.807) is 16.9 Å². The lowest BCUT2D eigenvalue weighted by molar-refractivity contribution is -0.137. The lowest BCUT2D eigenvalue weighted by Gasteiger charge is -2.12. The number of nitrogens with two attached hydrogens (primary N) is 1. The molecule has 0 aliphatic heterocycles. The predicted octanol–water partition coefficient (Wildman–Crippen LogP) is 1.35. The molecule has 3 N–H and O–H groups in total. The first-order chi connectivity index (χ1) is 8.18. The fraction of sp³-hybridized carbons (Fsp3) is 0.167. The third-order valence-corrected chi connectivity index (χ3v) is 2.45. The Bertz CT molecular complexity index is 507. The summed E-state index contributed by atoms with van der Waals surface area (Å²) >= 11 is 0. The second-order valence-electron chi connectivity index (χ2n) is 3.71. The first-order valence-corrected chi connectivity index (χ1v) is 5.25. The van der Waals surface area contributed by atoms with Gasteiger partial charge in [-0.15, -0.1) is 0 Å². The van der Waals surface area contributed by atoms with E-state index in [4.69, 9.17) is 10.8 Å². The molecule has 0 bridgehead atoms.